The Balaban J connectivity index is 1.31. The third-order valence-electron chi connectivity index (χ3n) is 11.1. The van der Waals surface area contributed by atoms with E-state index in [2.05, 4.69) is 53.6 Å². The van der Waals surface area contributed by atoms with Gasteiger partial charge in [-0.15, -0.1) is 0 Å². The number of benzene rings is 2. The smallest absolute Gasteiger partial charge is 0.249 e. The number of carbonyl (C=O) groups excluding carboxylic acids is 4. The van der Waals surface area contributed by atoms with Gasteiger partial charge in [-0.25, -0.2) is 0 Å². The summed E-state index contributed by atoms with van der Waals surface area (Å²) in [6, 6.07) is 14.3. The van der Waals surface area contributed by atoms with Gasteiger partial charge < -0.3 is 20.4 Å². The van der Waals surface area contributed by atoms with E-state index < -0.39 is 23.5 Å². The molecule has 51 heavy (non-hydrogen) atoms. The van der Waals surface area contributed by atoms with Crippen molar-refractivity contribution >= 4 is 23.6 Å². The molecule has 4 atom stereocenters. The van der Waals surface area contributed by atoms with E-state index in [1.165, 1.54) is 0 Å². The second-order valence-electron chi connectivity index (χ2n) is 16.5. The molecular formula is C42H59N5O4. The van der Waals surface area contributed by atoms with Gasteiger partial charge in [-0.05, 0) is 86.6 Å². The summed E-state index contributed by atoms with van der Waals surface area (Å²) in [5, 5.41) is 6.44. The topological polar surface area (TPSA) is 102 Å². The molecule has 1 aliphatic carbocycles. The van der Waals surface area contributed by atoms with Crippen molar-refractivity contribution < 1.29 is 19.2 Å². The number of hydrogen-bond donors (Lipinski definition) is 2. The van der Waals surface area contributed by atoms with Gasteiger partial charge in [-0.1, -0.05) is 95.6 Å². The van der Waals surface area contributed by atoms with Crippen molar-refractivity contribution in [2.45, 2.75) is 124 Å². The van der Waals surface area contributed by atoms with Crippen LogP contribution in [0.4, 0.5) is 0 Å². The number of fused-ring (bicyclic) bond motifs is 3. The summed E-state index contributed by atoms with van der Waals surface area (Å²) in [4.78, 5) is 61.6. The number of likely N-dealkylation sites (tertiary alicyclic amines) is 2. The molecule has 9 nitrogen and oxygen atoms in total. The Morgan fingerprint density at radius 1 is 0.824 bits per heavy atom. The number of nitrogens with one attached hydrogen (secondary N) is 2. The van der Waals surface area contributed by atoms with Crippen LogP contribution in [0.3, 0.4) is 0 Å². The molecule has 9 heteroatoms. The first-order valence-electron chi connectivity index (χ1n) is 18.9. The largest absolute Gasteiger partial charge is 0.343 e. The Morgan fingerprint density at radius 3 is 1.98 bits per heavy atom. The summed E-state index contributed by atoms with van der Waals surface area (Å²) in [5.41, 5.74) is 4.32. The lowest BCUT2D eigenvalue weighted by Gasteiger charge is -2.41. The van der Waals surface area contributed by atoms with Crippen LogP contribution in [0.25, 0.3) is 11.1 Å². The average Bonchev–Trinajstić information content (AvgIpc) is 3.71. The van der Waals surface area contributed by atoms with Crippen LogP contribution < -0.4 is 10.6 Å². The molecule has 2 heterocycles. The number of amides is 4. The van der Waals surface area contributed by atoms with E-state index >= 15 is 0 Å². The fourth-order valence-corrected chi connectivity index (χ4v) is 8.23. The minimum absolute atomic E-state index is 0.00651. The van der Waals surface area contributed by atoms with Gasteiger partial charge in [-0.2, -0.15) is 0 Å². The zero-order chi connectivity index (χ0) is 37.2. The van der Waals surface area contributed by atoms with Gasteiger partial charge in [0.05, 0.1) is 18.1 Å². The Labute approximate surface area is 305 Å². The van der Waals surface area contributed by atoms with Crippen LogP contribution in [0.2, 0.25) is 0 Å². The lowest BCUT2D eigenvalue weighted by atomic mass is 9.84. The second-order valence-corrected chi connectivity index (χ2v) is 16.5. The standard InChI is InChI=1S/C42H59N5O4/c1-26(2)35(45(9)41(51)37(42(6,7)8)44-39(49)33-21-14-15-23-46(33)27(3)4)25-28(5)40(50)47-24-16-22-34(47)38(48)43-36-31-19-12-10-17-29(31)30-18-11-13-20-32(30)36/h10-13,17-20,25-27,33-37H,14-16,21-24H2,1-9H3,(H,43,48)(H,44,49)/b28-25+/t33?,34?,35-,37?/m1/s1. The Kier molecular flexibility index (Phi) is 11.8. The molecule has 276 valence electrons. The molecule has 2 aromatic carbocycles. The predicted molar refractivity (Wildman–Crippen MR) is 203 cm³/mol. The molecule has 0 aromatic heterocycles. The van der Waals surface area contributed by atoms with Crippen LogP contribution in [-0.2, 0) is 19.2 Å². The van der Waals surface area contributed by atoms with Gasteiger partial charge in [0.15, 0.2) is 0 Å². The van der Waals surface area contributed by atoms with Crippen LogP contribution in [0.15, 0.2) is 60.2 Å². The number of hydrogen-bond acceptors (Lipinski definition) is 5. The molecule has 4 amide bonds. The summed E-state index contributed by atoms with van der Waals surface area (Å²) < 4.78 is 0. The molecule has 5 rings (SSSR count). The number of rotatable bonds is 10. The van der Waals surface area contributed by atoms with E-state index in [4.69, 9.17) is 0 Å². The predicted octanol–water partition coefficient (Wildman–Crippen LogP) is 6.09. The van der Waals surface area contributed by atoms with E-state index in [-0.39, 0.29) is 47.7 Å². The zero-order valence-electron chi connectivity index (χ0n) is 32.2. The quantitative estimate of drug-likeness (QED) is 0.293. The van der Waals surface area contributed by atoms with Crippen molar-refractivity contribution in [3.63, 3.8) is 0 Å². The van der Waals surface area contributed by atoms with Gasteiger partial charge in [0.25, 0.3) is 0 Å². The maximum Gasteiger partial charge on any atom is 0.249 e. The summed E-state index contributed by atoms with van der Waals surface area (Å²) >= 11 is 0. The highest BCUT2D eigenvalue weighted by molar-refractivity contribution is 5.98. The lowest BCUT2D eigenvalue weighted by Crippen LogP contribution is -2.60. The first-order valence-corrected chi connectivity index (χ1v) is 18.9. The first-order chi connectivity index (χ1) is 24.1. The van der Waals surface area contributed by atoms with Crippen molar-refractivity contribution in [1.82, 2.24) is 25.3 Å². The van der Waals surface area contributed by atoms with Gasteiger partial charge in [0.2, 0.25) is 23.6 Å². The van der Waals surface area contributed by atoms with E-state index in [1.807, 2.05) is 65.0 Å². The van der Waals surface area contributed by atoms with Crippen LogP contribution in [0.1, 0.15) is 105 Å². The zero-order valence-corrected chi connectivity index (χ0v) is 32.2. The molecule has 2 N–H and O–H groups in total. The summed E-state index contributed by atoms with van der Waals surface area (Å²) in [6.07, 6.45) is 6.04. The minimum atomic E-state index is -0.742. The minimum Gasteiger partial charge on any atom is -0.343 e. The fourth-order valence-electron chi connectivity index (χ4n) is 8.23. The number of likely N-dealkylation sites (N-methyl/N-ethyl adjacent to an activating group) is 1. The Hall–Kier alpha value is -3.98. The molecule has 2 saturated heterocycles. The molecule has 0 spiro atoms. The third kappa shape index (κ3) is 8.09. The summed E-state index contributed by atoms with van der Waals surface area (Å²) in [5.74, 6) is -0.647. The van der Waals surface area contributed by atoms with Crippen molar-refractivity contribution in [2.75, 3.05) is 20.1 Å². The first kappa shape index (κ1) is 38.3. The second kappa shape index (κ2) is 15.7. The lowest BCUT2D eigenvalue weighted by molar-refractivity contribution is -0.142. The van der Waals surface area contributed by atoms with Crippen LogP contribution in [-0.4, -0.2) is 88.7 Å². The highest BCUT2D eigenvalue weighted by atomic mass is 16.2. The third-order valence-corrected chi connectivity index (χ3v) is 11.1. The maximum absolute atomic E-state index is 14.3. The molecule has 2 aliphatic heterocycles. The molecule has 2 fully saturated rings. The molecule has 3 aliphatic rings. The van der Waals surface area contributed by atoms with Gasteiger partial charge in [0.1, 0.15) is 12.1 Å². The van der Waals surface area contributed by atoms with Crippen molar-refractivity contribution in [1.29, 1.82) is 0 Å². The summed E-state index contributed by atoms with van der Waals surface area (Å²) in [7, 11) is 1.76. The van der Waals surface area contributed by atoms with Crippen LogP contribution in [0, 0.1) is 11.3 Å². The highest BCUT2D eigenvalue weighted by Crippen LogP contribution is 2.43. The SMILES string of the molecule is C/C(=C\[C@H](C(C)C)N(C)C(=O)C(NC(=O)C1CCCCN1C(C)C)C(C)(C)C)C(=O)N1CCCC1C(=O)NC1c2ccccc2-c2ccccc21. The molecule has 2 aromatic rings. The van der Waals surface area contributed by atoms with E-state index in [0.717, 1.165) is 54.5 Å². The highest BCUT2D eigenvalue weighted by Gasteiger charge is 2.41. The van der Waals surface area contributed by atoms with E-state index in [0.29, 0.717) is 18.5 Å². The van der Waals surface area contributed by atoms with Gasteiger partial charge >= 0.3 is 0 Å². The monoisotopic (exact) mass is 697 g/mol. The molecular weight excluding hydrogens is 638 g/mol. The van der Waals surface area contributed by atoms with Gasteiger partial charge in [0, 0.05) is 25.2 Å². The van der Waals surface area contributed by atoms with Crippen molar-refractivity contribution in [3.05, 3.63) is 71.3 Å². The Bertz CT molecular complexity index is 1600. The fraction of sp³-hybridized carbons (Fsp3) is 0.571. The normalized spacial score (nSPS) is 20.9. The van der Waals surface area contributed by atoms with Crippen molar-refractivity contribution in [3.8, 4) is 11.1 Å². The molecule has 3 unspecified atom stereocenters. The molecule has 0 radical (unpaired) electrons. The van der Waals surface area contributed by atoms with E-state index in [1.54, 1.807) is 23.8 Å². The van der Waals surface area contributed by atoms with Gasteiger partial charge in [-0.3, -0.25) is 24.1 Å². The van der Waals surface area contributed by atoms with Crippen molar-refractivity contribution in [2.24, 2.45) is 11.3 Å². The van der Waals surface area contributed by atoms with Crippen LogP contribution in [0.5, 0.6) is 0 Å². The number of piperidine rings is 1. The Morgan fingerprint density at radius 2 is 1.41 bits per heavy atom. The van der Waals surface area contributed by atoms with Crippen LogP contribution >= 0.6 is 0 Å². The average molecular weight is 698 g/mol. The molecule has 0 bridgehead atoms. The number of carbonyl (C=O) groups is 4. The summed E-state index contributed by atoms with van der Waals surface area (Å²) in [6.45, 7) is 17.3. The number of nitrogens with zero attached hydrogens (tertiary/aromatic N) is 3. The maximum atomic E-state index is 14.3. The molecule has 0 saturated carbocycles. The van der Waals surface area contributed by atoms with E-state index in [9.17, 15) is 19.2 Å².